The van der Waals surface area contributed by atoms with Gasteiger partial charge >= 0.3 is 0 Å². The van der Waals surface area contributed by atoms with Crippen LogP contribution in [0.25, 0.3) is 0 Å². The van der Waals surface area contributed by atoms with Gasteiger partial charge in [0.1, 0.15) is 0 Å². The third kappa shape index (κ3) is 2.63. The maximum Gasteiger partial charge on any atom is 0.221 e. The summed E-state index contributed by atoms with van der Waals surface area (Å²) in [7, 11) is 0. The lowest BCUT2D eigenvalue weighted by Gasteiger charge is -2.06. The Morgan fingerprint density at radius 1 is 1.64 bits per heavy atom. The van der Waals surface area contributed by atoms with E-state index >= 15 is 0 Å². The molecule has 1 aliphatic rings. The Labute approximate surface area is 71.0 Å². The fourth-order valence-corrected chi connectivity index (χ4v) is 0.977. The second kappa shape index (κ2) is 3.44. The number of carbonyl (C=O) groups is 1. The number of hydrogen-bond acceptors (Lipinski definition) is 2. The van der Waals surface area contributed by atoms with Gasteiger partial charge in [-0.2, -0.15) is 0 Å². The van der Waals surface area contributed by atoms with E-state index in [1.54, 1.807) is 0 Å². The predicted octanol–water partition coefficient (Wildman–Crippen LogP) is 1.34. The highest BCUT2D eigenvalue weighted by molar-refractivity contribution is 7.80. The van der Waals surface area contributed by atoms with E-state index in [1.807, 2.05) is 18.2 Å². The van der Waals surface area contributed by atoms with Crippen LogP contribution < -0.4 is 5.32 Å². The van der Waals surface area contributed by atoms with Crippen LogP contribution in [0.4, 0.5) is 0 Å². The molecule has 3 heteroatoms. The third-order valence-corrected chi connectivity index (χ3v) is 1.60. The molecule has 0 atom stereocenters. The SMILES string of the molecule is CC(=O)NC1=CCC(=S)C=C1. The minimum absolute atomic E-state index is 0.0475. The number of rotatable bonds is 1. The van der Waals surface area contributed by atoms with E-state index in [9.17, 15) is 4.79 Å². The van der Waals surface area contributed by atoms with E-state index in [2.05, 4.69) is 5.32 Å². The first-order valence-electron chi connectivity index (χ1n) is 3.37. The van der Waals surface area contributed by atoms with Gasteiger partial charge in [-0.25, -0.2) is 0 Å². The minimum Gasteiger partial charge on any atom is -0.327 e. The third-order valence-electron chi connectivity index (χ3n) is 1.29. The van der Waals surface area contributed by atoms with Gasteiger partial charge < -0.3 is 5.32 Å². The zero-order valence-electron chi connectivity index (χ0n) is 6.26. The van der Waals surface area contributed by atoms with E-state index in [0.717, 1.165) is 17.0 Å². The number of hydrogen-bond donors (Lipinski definition) is 1. The van der Waals surface area contributed by atoms with Gasteiger partial charge in [-0.05, 0) is 12.2 Å². The monoisotopic (exact) mass is 167 g/mol. The molecule has 0 unspecified atom stereocenters. The first kappa shape index (κ1) is 8.14. The number of nitrogens with one attached hydrogen (secondary N) is 1. The summed E-state index contributed by atoms with van der Waals surface area (Å²) >= 11 is 4.93. The van der Waals surface area contributed by atoms with Crippen LogP contribution in [0.1, 0.15) is 13.3 Å². The highest BCUT2D eigenvalue weighted by Gasteiger charge is 2.00. The normalized spacial score (nSPS) is 16.1. The molecule has 0 heterocycles. The second-order valence-electron chi connectivity index (χ2n) is 2.34. The fourth-order valence-electron chi connectivity index (χ4n) is 0.825. The van der Waals surface area contributed by atoms with Crippen molar-refractivity contribution in [2.24, 2.45) is 0 Å². The van der Waals surface area contributed by atoms with Gasteiger partial charge in [0.2, 0.25) is 5.91 Å². The summed E-state index contributed by atoms with van der Waals surface area (Å²) in [6, 6.07) is 0. The van der Waals surface area contributed by atoms with Crippen LogP contribution >= 0.6 is 12.2 Å². The van der Waals surface area contributed by atoms with Crippen LogP contribution in [-0.2, 0) is 4.79 Å². The molecule has 2 nitrogen and oxygen atoms in total. The molecule has 1 N–H and O–H groups in total. The van der Waals surface area contributed by atoms with Gasteiger partial charge in [-0.3, -0.25) is 4.79 Å². The highest BCUT2D eigenvalue weighted by Crippen LogP contribution is 2.04. The topological polar surface area (TPSA) is 29.1 Å². The van der Waals surface area contributed by atoms with Gasteiger partial charge in [-0.1, -0.05) is 18.3 Å². The number of allylic oxidation sites excluding steroid dienone is 3. The summed E-state index contributed by atoms with van der Waals surface area (Å²) in [5.41, 5.74) is 0.839. The average Bonchev–Trinajstić information content (AvgIpc) is 1.93. The van der Waals surface area contributed by atoms with Gasteiger partial charge in [0.25, 0.3) is 0 Å². The van der Waals surface area contributed by atoms with Crippen molar-refractivity contribution in [2.75, 3.05) is 0 Å². The summed E-state index contributed by atoms with van der Waals surface area (Å²) in [4.78, 5) is 11.5. The lowest BCUT2D eigenvalue weighted by Crippen LogP contribution is -2.19. The van der Waals surface area contributed by atoms with Gasteiger partial charge in [0.05, 0.1) is 0 Å². The maximum atomic E-state index is 10.6. The molecule has 11 heavy (non-hydrogen) atoms. The Morgan fingerprint density at radius 3 is 2.82 bits per heavy atom. The summed E-state index contributed by atoms with van der Waals surface area (Å²) in [6.07, 6.45) is 6.30. The molecular weight excluding hydrogens is 158 g/mol. The first-order valence-corrected chi connectivity index (χ1v) is 3.78. The summed E-state index contributed by atoms with van der Waals surface area (Å²) in [6.45, 7) is 1.49. The van der Waals surface area contributed by atoms with E-state index in [1.165, 1.54) is 6.92 Å². The summed E-state index contributed by atoms with van der Waals surface area (Å²) < 4.78 is 0. The lowest BCUT2D eigenvalue weighted by molar-refractivity contribution is -0.118. The van der Waals surface area contributed by atoms with Crippen LogP contribution in [0.15, 0.2) is 23.9 Å². The van der Waals surface area contributed by atoms with Crippen molar-refractivity contribution in [2.45, 2.75) is 13.3 Å². The molecule has 0 spiro atoms. The van der Waals surface area contributed by atoms with Gasteiger partial charge in [0.15, 0.2) is 0 Å². The van der Waals surface area contributed by atoms with Crippen molar-refractivity contribution in [1.29, 1.82) is 0 Å². The van der Waals surface area contributed by atoms with E-state index in [4.69, 9.17) is 12.2 Å². The zero-order chi connectivity index (χ0) is 8.27. The molecular formula is C8H9NOS. The molecule has 1 amide bonds. The Bertz CT molecular complexity index is 253. The summed E-state index contributed by atoms with van der Waals surface area (Å²) in [5.74, 6) is -0.0475. The quantitative estimate of drug-likeness (QED) is 0.597. The van der Waals surface area contributed by atoms with Gasteiger partial charge in [0, 0.05) is 23.9 Å². The zero-order valence-corrected chi connectivity index (χ0v) is 7.07. The standard InChI is InChI=1S/C8H9NOS/c1-6(10)9-7-2-4-8(11)5-3-7/h2-4H,5H2,1H3,(H,9,10). The van der Waals surface area contributed by atoms with E-state index < -0.39 is 0 Å². The highest BCUT2D eigenvalue weighted by atomic mass is 32.1. The number of amides is 1. The maximum absolute atomic E-state index is 10.6. The predicted molar refractivity (Wildman–Crippen MR) is 48.3 cm³/mol. The van der Waals surface area contributed by atoms with Gasteiger partial charge in [-0.15, -0.1) is 0 Å². The Balaban J connectivity index is 2.56. The smallest absolute Gasteiger partial charge is 0.221 e. The van der Waals surface area contributed by atoms with Crippen LogP contribution in [0.5, 0.6) is 0 Å². The Kier molecular flexibility index (Phi) is 2.54. The van der Waals surface area contributed by atoms with E-state index in [-0.39, 0.29) is 5.91 Å². The average molecular weight is 167 g/mol. The fraction of sp³-hybridized carbons (Fsp3) is 0.250. The molecule has 0 radical (unpaired) electrons. The van der Waals surface area contributed by atoms with Crippen LogP contribution in [-0.4, -0.2) is 10.8 Å². The number of carbonyl (C=O) groups excluding carboxylic acids is 1. The Morgan fingerprint density at radius 2 is 2.36 bits per heavy atom. The summed E-state index contributed by atoms with van der Waals surface area (Å²) in [5, 5.41) is 2.68. The van der Waals surface area contributed by atoms with Crippen LogP contribution in [0.3, 0.4) is 0 Å². The van der Waals surface area contributed by atoms with Crippen molar-refractivity contribution < 1.29 is 4.79 Å². The largest absolute Gasteiger partial charge is 0.327 e. The molecule has 1 rings (SSSR count). The second-order valence-corrected chi connectivity index (χ2v) is 2.87. The molecule has 0 aromatic heterocycles. The molecule has 1 aliphatic carbocycles. The minimum atomic E-state index is -0.0475. The molecule has 0 fully saturated rings. The van der Waals surface area contributed by atoms with Crippen molar-refractivity contribution in [3.05, 3.63) is 23.9 Å². The van der Waals surface area contributed by atoms with Crippen molar-refractivity contribution in [1.82, 2.24) is 5.32 Å². The molecule has 0 saturated heterocycles. The molecule has 0 saturated carbocycles. The molecule has 0 aliphatic heterocycles. The van der Waals surface area contributed by atoms with Crippen LogP contribution in [0, 0.1) is 0 Å². The van der Waals surface area contributed by atoms with Crippen LogP contribution in [0.2, 0.25) is 0 Å². The van der Waals surface area contributed by atoms with Crippen molar-refractivity contribution in [3.63, 3.8) is 0 Å². The van der Waals surface area contributed by atoms with E-state index in [0.29, 0.717) is 0 Å². The lowest BCUT2D eigenvalue weighted by atomic mass is 10.1. The first-order chi connectivity index (χ1) is 5.18. The van der Waals surface area contributed by atoms with Crippen molar-refractivity contribution in [3.8, 4) is 0 Å². The molecule has 0 aromatic rings. The van der Waals surface area contributed by atoms with Crippen molar-refractivity contribution >= 4 is 23.0 Å². The molecule has 0 aromatic carbocycles. The molecule has 0 bridgehead atoms. The number of thiocarbonyl (C=S) groups is 1. The Hall–Kier alpha value is -0.960. The molecule has 58 valence electrons.